The molecule has 0 aromatic carbocycles. The Morgan fingerprint density at radius 1 is 1.43 bits per heavy atom. The fourth-order valence-electron chi connectivity index (χ4n) is 4.03. The maximum Gasteiger partial charge on any atom is 0.128 e. The van der Waals surface area contributed by atoms with Crippen LogP contribution in [0.15, 0.2) is 6.20 Å². The summed E-state index contributed by atoms with van der Waals surface area (Å²) in [5.41, 5.74) is 3.89. The monoisotopic (exact) mass is 290 g/mol. The molecule has 1 heterocycles. The van der Waals surface area contributed by atoms with Crippen molar-refractivity contribution >= 4 is 0 Å². The zero-order valence-electron chi connectivity index (χ0n) is 14.4. The summed E-state index contributed by atoms with van der Waals surface area (Å²) < 4.78 is 5.54. The third kappa shape index (κ3) is 3.23. The molecule has 0 spiro atoms. The summed E-state index contributed by atoms with van der Waals surface area (Å²) in [5.74, 6) is 1.71. The molecule has 0 radical (unpaired) electrons. The fourth-order valence-corrected chi connectivity index (χ4v) is 4.03. The molecule has 118 valence electrons. The highest BCUT2D eigenvalue weighted by Crippen LogP contribution is 2.45. The maximum absolute atomic E-state index is 5.54. The Kier molecular flexibility index (Phi) is 4.92. The molecule has 1 aromatic heterocycles. The van der Waals surface area contributed by atoms with Crippen LogP contribution >= 0.6 is 0 Å². The molecule has 3 nitrogen and oxygen atoms in total. The SMILES string of the molecule is CNC(Cc1ncc(C)c(OC)c1C)C1CCCC1(C)C. The van der Waals surface area contributed by atoms with Gasteiger partial charge in [0.25, 0.3) is 0 Å². The molecule has 1 aliphatic carbocycles. The number of hydrogen-bond donors (Lipinski definition) is 1. The number of aromatic nitrogens is 1. The topological polar surface area (TPSA) is 34.2 Å². The van der Waals surface area contributed by atoms with Gasteiger partial charge in [-0.1, -0.05) is 20.3 Å². The number of aryl methyl sites for hydroxylation is 1. The molecular formula is C18H30N2O. The van der Waals surface area contributed by atoms with Crippen LogP contribution in [0.1, 0.15) is 49.9 Å². The summed E-state index contributed by atoms with van der Waals surface area (Å²) in [4.78, 5) is 4.67. The minimum absolute atomic E-state index is 0.427. The first-order valence-electron chi connectivity index (χ1n) is 8.07. The van der Waals surface area contributed by atoms with Crippen molar-refractivity contribution in [3.05, 3.63) is 23.0 Å². The highest BCUT2D eigenvalue weighted by molar-refractivity contribution is 5.41. The van der Waals surface area contributed by atoms with E-state index < -0.39 is 0 Å². The van der Waals surface area contributed by atoms with Gasteiger partial charge in [-0.3, -0.25) is 4.98 Å². The number of hydrogen-bond acceptors (Lipinski definition) is 3. The van der Waals surface area contributed by atoms with Crippen LogP contribution in [0.3, 0.4) is 0 Å². The van der Waals surface area contributed by atoms with Crippen molar-refractivity contribution < 1.29 is 4.74 Å². The lowest BCUT2D eigenvalue weighted by molar-refractivity contribution is 0.200. The van der Waals surface area contributed by atoms with Crippen molar-refractivity contribution in [3.63, 3.8) is 0 Å². The number of ether oxygens (including phenoxy) is 1. The second kappa shape index (κ2) is 6.35. The lowest BCUT2D eigenvalue weighted by Gasteiger charge is -2.34. The normalized spacial score (nSPS) is 22.3. The van der Waals surface area contributed by atoms with Gasteiger partial charge in [-0.05, 0) is 45.1 Å². The van der Waals surface area contributed by atoms with E-state index in [4.69, 9.17) is 4.74 Å². The molecule has 1 fully saturated rings. The van der Waals surface area contributed by atoms with E-state index in [1.54, 1.807) is 7.11 Å². The van der Waals surface area contributed by atoms with Crippen LogP contribution in [0.25, 0.3) is 0 Å². The number of pyridine rings is 1. The number of nitrogens with zero attached hydrogens (tertiary/aromatic N) is 1. The summed E-state index contributed by atoms with van der Waals surface area (Å²) >= 11 is 0. The van der Waals surface area contributed by atoms with Gasteiger partial charge in [-0.25, -0.2) is 0 Å². The van der Waals surface area contributed by atoms with Gasteiger partial charge < -0.3 is 10.1 Å². The van der Waals surface area contributed by atoms with Crippen molar-refractivity contribution in [2.24, 2.45) is 11.3 Å². The van der Waals surface area contributed by atoms with Crippen molar-refractivity contribution in [1.29, 1.82) is 0 Å². The largest absolute Gasteiger partial charge is 0.496 e. The maximum atomic E-state index is 5.54. The zero-order chi connectivity index (χ0) is 15.6. The first-order chi connectivity index (χ1) is 9.90. The number of likely N-dealkylation sites (N-methyl/N-ethyl adjacent to an activating group) is 1. The van der Waals surface area contributed by atoms with Gasteiger partial charge in [0.15, 0.2) is 0 Å². The average molecular weight is 290 g/mol. The third-order valence-corrected chi connectivity index (χ3v) is 5.36. The van der Waals surface area contributed by atoms with Gasteiger partial charge in [0.1, 0.15) is 5.75 Å². The molecule has 0 bridgehead atoms. The Morgan fingerprint density at radius 3 is 2.67 bits per heavy atom. The Hall–Kier alpha value is -1.09. The second-order valence-corrected chi connectivity index (χ2v) is 7.13. The second-order valence-electron chi connectivity index (χ2n) is 7.13. The molecule has 0 amide bonds. The third-order valence-electron chi connectivity index (χ3n) is 5.36. The molecule has 21 heavy (non-hydrogen) atoms. The van der Waals surface area contributed by atoms with Gasteiger partial charge in [0.05, 0.1) is 7.11 Å². The van der Waals surface area contributed by atoms with E-state index in [2.05, 4.69) is 45.0 Å². The minimum atomic E-state index is 0.427. The van der Waals surface area contributed by atoms with E-state index >= 15 is 0 Å². The predicted octanol–water partition coefficient (Wildman–Crippen LogP) is 3.66. The Morgan fingerprint density at radius 2 is 2.14 bits per heavy atom. The molecule has 2 unspecified atom stereocenters. The van der Waals surface area contributed by atoms with E-state index in [-0.39, 0.29) is 0 Å². The summed E-state index contributed by atoms with van der Waals surface area (Å²) in [6, 6.07) is 0.487. The van der Waals surface area contributed by atoms with Crippen LogP contribution < -0.4 is 10.1 Å². The molecule has 1 N–H and O–H groups in total. The first kappa shape index (κ1) is 16.3. The quantitative estimate of drug-likeness (QED) is 0.898. The van der Waals surface area contributed by atoms with Crippen LogP contribution in [0.2, 0.25) is 0 Å². The molecule has 1 saturated carbocycles. The van der Waals surface area contributed by atoms with Crippen LogP contribution in [0.5, 0.6) is 5.75 Å². The zero-order valence-corrected chi connectivity index (χ0v) is 14.4. The van der Waals surface area contributed by atoms with Gasteiger partial charge >= 0.3 is 0 Å². The standard InChI is InChI=1S/C18H30N2O/c1-12-11-20-15(13(2)17(12)21-6)10-16(19-5)14-8-7-9-18(14,3)4/h11,14,16,19H,7-10H2,1-6H3. The Labute approximate surface area is 129 Å². The van der Waals surface area contributed by atoms with Gasteiger partial charge in [0.2, 0.25) is 0 Å². The van der Waals surface area contributed by atoms with E-state index in [1.165, 1.54) is 30.5 Å². The van der Waals surface area contributed by atoms with E-state index in [0.29, 0.717) is 11.5 Å². The molecular weight excluding hydrogens is 260 g/mol. The van der Waals surface area contributed by atoms with E-state index in [9.17, 15) is 0 Å². The number of methoxy groups -OCH3 is 1. The summed E-state index contributed by atoms with van der Waals surface area (Å²) in [5, 5.41) is 3.55. The van der Waals surface area contributed by atoms with Crippen molar-refractivity contribution in [1.82, 2.24) is 10.3 Å². The Balaban J connectivity index is 2.23. The summed E-state index contributed by atoms with van der Waals surface area (Å²) in [6.07, 6.45) is 6.92. The van der Waals surface area contributed by atoms with E-state index in [0.717, 1.165) is 23.7 Å². The molecule has 0 saturated heterocycles. The summed E-state index contributed by atoms with van der Waals surface area (Å²) in [6.45, 7) is 9.00. The molecule has 2 atom stereocenters. The first-order valence-corrected chi connectivity index (χ1v) is 8.07. The van der Waals surface area contributed by atoms with Crippen molar-refractivity contribution in [3.8, 4) is 5.75 Å². The van der Waals surface area contributed by atoms with Crippen molar-refractivity contribution in [2.75, 3.05) is 14.2 Å². The average Bonchev–Trinajstić information content (AvgIpc) is 2.78. The lowest BCUT2D eigenvalue weighted by Crippen LogP contribution is -2.40. The molecule has 1 aliphatic rings. The van der Waals surface area contributed by atoms with Crippen LogP contribution in [0, 0.1) is 25.2 Å². The van der Waals surface area contributed by atoms with Crippen molar-refractivity contribution in [2.45, 2.75) is 59.4 Å². The predicted molar refractivity (Wildman–Crippen MR) is 87.9 cm³/mol. The minimum Gasteiger partial charge on any atom is -0.496 e. The lowest BCUT2D eigenvalue weighted by atomic mass is 9.76. The van der Waals surface area contributed by atoms with Gasteiger partial charge in [-0.15, -0.1) is 0 Å². The smallest absolute Gasteiger partial charge is 0.128 e. The van der Waals surface area contributed by atoms with Gasteiger partial charge in [-0.2, -0.15) is 0 Å². The number of nitrogens with one attached hydrogen (secondary N) is 1. The molecule has 3 heteroatoms. The summed E-state index contributed by atoms with van der Waals surface area (Å²) in [7, 11) is 3.83. The number of rotatable bonds is 5. The molecule has 0 aliphatic heterocycles. The van der Waals surface area contributed by atoms with E-state index in [1.807, 2.05) is 6.20 Å². The highest BCUT2D eigenvalue weighted by atomic mass is 16.5. The highest BCUT2D eigenvalue weighted by Gasteiger charge is 2.39. The van der Waals surface area contributed by atoms with Gasteiger partial charge in [0, 0.05) is 35.5 Å². The molecule has 1 aromatic rings. The van der Waals surface area contributed by atoms with Crippen LogP contribution in [-0.2, 0) is 6.42 Å². The van der Waals surface area contributed by atoms with Crippen LogP contribution in [-0.4, -0.2) is 25.2 Å². The Bertz CT molecular complexity index is 496. The molecule has 2 rings (SSSR count). The fraction of sp³-hybridized carbons (Fsp3) is 0.722. The van der Waals surface area contributed by atoms with Crippen LogP contribution in [0.4, 0.5) is 0 Å².